The summed E-state index contributed by atoms with van der Waals surface area (Å²) in [4.78, 5) is 26.5. The van der Waals surface area contributed by atoms with Gasteiger partial charge in [0.25, 0.3) is 5.91 Å². The van der Waals surface area contributed by atoms with Gasteiger partial charge in [0, 0.05) is 18.4 Å². The van der Waals surface area contributed by atoms with E-state index in [1.165, 1.54) is 0 Å². The van der Waals surface area contributed by atoms with Crippen molar-refractivity contribution in [2.24, 2.45) is 0 Å². The van der Waals surface area contributed by atoms with E-state index in [1.807, 2.05) is 66.3 Å². The molecule has 0 fully saturated rings. The standard InChI is InChI=1S/C26H30BrN3O4/c1-3-13-29-18-21(17-22(27)19-29)25(31)28-12-15-34-26(32)30(4-2)14-16-33-24-11-7-9-20-8-5-6-10-23(20)24/h5-11,17-19H,3-4,12-16H2,1-2H3/p+1. The van der Waals surface area contributed by atoms with E-state index in [0.29, 0.717) is 25.3 Å². The van der Waals surface area contributed by atoms with Crippen LogP contribution in [-0.4, -0.2) is 49.7 Å². The minimum Gasteiger partial charge on any atom is -0.491 e. The van der Waals surface area contributed by atoms with E-state index in [2.05, 4.69) is 28.2 Å². The summed E-state index contributed by atoms with van der Waals surface area (Å²) in [6.07, 6.45) is 4.29. The summed E-state index contributed by atoms with van der Waals surface area (Å²) >= 11 is 3.44. The number of aryl methyl sites for hydroxylation is 1. The maximum Gasteiger partial charge on any atom is 0.409 e. The Labute approximate surface area is 208 Å². The first-order valence-electron chi connectivity index (χ1n) is 11.5. The average molecular weight is 529 g/mol. The molecule has 8 heteroatoms. The summed E-state index contributed by atoms with van der Waals surface area (Å²) in [6, 6.07) is 15.7. The molecule has 0 aliphatic rings. The minimum atomic E-state index is -0.429. The highest BCUT2D eigenvalue weighted by atomic mass is 79.9. The molecule has 0 bridgehead atoms. The Balaban J connectivity index is 1.42. The molecule has 1 aromatic heterocycles. The van der Waals surface area contributed by atoms with Crippen molar-refractivity contribution in [3.63, 3.8) is 0 Å². The number of carbonyl (C=O) groups excluding carboxylic acids is 2. The van der Waals surface area contributed by atoms with Gasteiger partial charge in [-0.1, -0.05) is 43.3 Å². The second-order valence-corrected chi connectivity index (χ2v) is 8.67. The third kappa shape index (κ3) is 7.18. The fraction of sp³-hybridized carbons (Fsp3) is 0.346. The van der Waals surface area contributed by atoms with Crippen LogP contribution in [-0.2, 0) is 11.3 Å². The Kier molecular flexibility index (Phi) is 9.70. The van der Waals surface area contributed by atoms with Crippen molar-refractivity contribution in [2.75, 3.05) is 32.8 Å². The van der Waals surface area contributed by atoms with E-state index in [1.54, 1.807) is 11.0 Å². The molecular formula is C26H31BrN3O4+. The van der Waals surface area contributed by atoms with Gasteiger partial charge in [0.1, 0.15) is 31.1 Å². The maximum atomic E-state index is 12.4. The first-order chi connectivity index (χ1) is 16.5. The molecule has 7 nitrogen and oxygen atoms in total. The van der Waals surface area contributed by atoms with Gasteiger partial charge in [-0.2, -0.15) is 0 Å². The molecule has 0 spiro atoms. The van der Waals surface area contributed by atoms with Crippen molar-refractivity contribution < 1.29 is 23.6 Å². The molecule has 0 radical (unpaired) electrons. The number of hydrogen-bond acceptors (Lipinski definition) is 4. The Morgan fingerprint density at radius 3 is 2.65 bits per heavy atom. The molecule has 0 saturated heterocycles. The number of pyridine rings is 1. The van der Waals surface area contributed by atoms with Crippen LogP contribution in [0.25, 0.3) is 10.8 Å². The molecule has 2 aromatic carbocycles. The number of ether oxygens (including phenoxy) is 2. The maximum absolute atomic E-state index is 12.4. The molecular weight excluding hydrogens is 498 g/mol. The Bertz CT molecular complexity index is 1120. The van der Waals surface area contributed by atoms with Crippen molar-refractivity contribution in [2.45, 2.75) is 26.8 Å². The lowest BCUT2D eigenvalue weighted by Gasteiger charge is -2.21. The van der Waals surface area contributed by atoms with Gasteiger partial charge in [-0.15, -0.1) is 0 Å². The summed E-state index contributed by atoms with van der Waals surface area (Å²) in [5.41, 5.74) is 0.551. The van der Waals surface area contributed by atoms with Gasteiger partial charge in [-0.3, -0.25) is 4.79 Å². The quantitative estimate of drug-likeness (QED) is 0.292. The summed E-state index contributed by atoms with van der Waals surface area (Å²) in [7, 11) is 0. The Hall–Kier alpha value is -3.13. The van der Waals surface area contributed by atoms with Gasteiger partial charge in [0.2, 0.25) is 0 Å². The number of likely N-dealkylation sites (N-methyl/N-ethyl adjacent to an activating group) is 1. The SMILES string of the molecule is CCC[n+]1cc(Br)cc(C(=O)NCCOC(=O)N(CC)CCOc2cccc3ccccc23)c1. The van der Waals surface area contributed by atoms with E-state index < -0.39 is 6.09 Å². The number of nitrogens with zero attached hydrogens (tertiary/aromatic N) is 2. The summed E-state index contributed by atoms with van der Waals surface area (Å²) in [6.45, 7) is 6.38. The number of hydrogen-bond donors (Lipinski definition) is 1. The first-order valence-corrected chi connectivity index (χ1v) is 12.3. The number of halogens is 1. The van der Waals surface area contributed by atoms with E-state index in [0.717, 1.165) is 34.0 Å². The summed E-state index contributed by atoms with van der Waals surface area (Å²) in [5.74, 6) is 0.580. The highest BCUT2D eigenvalue weighted by Crippen LogP contribution is 2.25. The fourth-order valence-corrected chi connectivity index (χ4v) is 4.08. The van der Waals surface area contributed by atoms with Gasteiger partial charge >= 0.3 is 6.09 Å². The van der Waals surface area contributed by atoms with Crippen LogP contribution >= 0.6 is 15.9 Å². The Morgan fingerprint density at radius 1 is 1.06 bits per heavy atom. The van der Waals surface area contributed by atoms with Crippen molar-refractivity contribution in [3.8, 4) is 5.75 Å². The van der Waals surface area contributed by atoms with Crippen LogP contribution < -0.4 is 14.6 Å². The lowest BCUT2D eigenvalue weighted by molar-refractivity contribution is -0.697. The molecule has 3 aromatic rings. The number of aromatic nitrogens is 1. The van der Waals surface area contributed by atoms with E-state index in [4.69, 9.17) is 9.47 Å². The topological polar surface area (TPSA) is 71.8 Å². The number of carbonyl (C=O) groups is 2. The van der Waals surface area contributed by atoms with E-state index >= 15 is 0 Å². The van der Waals surface area contributed by atoms with Gasteiger partial charge in [-0.05, 0) is 40.4 Å². The van der Waals surface area contributed by atoms with Crippen molar-refractivity contribution in [1.82, 2.24) is 10.2 Å². The molecule has 180 valence electrons. The second-order valence-electron chi connectivity index (χ2n) is 7.76. The molecule has 0 unspecified atom stereocenters. The largest absolute Gasteiger partial charge is 0.491 e. The van der Waals surface area contributed by atoms with Crippen LogP contribution in [0.15, 0.2) is 65.4 Å². The molecule has 1 N–H and O–H groups in total. The first kappa shape index (κ1) is 25.5. The molecule has 2 amide bonds. The van der Waals surface area contributed by atoms with Crippen LogP contribution in [0.4, 0.5) is 4.79 Å². The number of fused-ring (bicyclic) bond motifs is 1. The van der Waals surface area contributed by atoms with Crippen LogP contribution in [0.5, 0.6) is 5.75 Å². The summed E-state index contributed by atoms with van der Waals surface area (Å²) in [5, 5.41) is 4.94. The number of nitrogens with one attached hydrogen (secondary N) is 1. The third-order valence-electron chi connectivity index (χ3n) is 5.25. The smallest absolute Gasteiger partial charge is 0.409 e. The second kappa shape index (κ2) is 12.9. The number of amides is 2. The Morgan fingerprint density at radius 2 is 1.85 bits per heavy atom. The van der Waals surface area contributed by atoms with Gasteiger partial charge < -0.3 is 19.7 Å². The van der Waals surface area contributed by atoms with Gasteiger partial charge in [0.05, 0.1) is 17.6 Å². The van der Waals surface area contributed by atoms with E-state index in [-0.39, 0.29) is 19.1 Å². The number of rotatable bonds is 11. The normalized spacial score (nSPS) is 10.7. The highest BCUT2D eigenvalue weighted by molar-refractivity contribution is 9.10. The lowest BCUT2D eigenvalue weighted by atomic mass is 10.1. The molecule has 0 atom stereocenters. The van der Waals surface area contributed by atoms with Gasteiger partial charge in [-0.25, -0.2) is 9.36 Å². The molecule has 0 aliphatic heterocycles. The van der Waals surface area contributed by atoms with Gasteiger partial charge in [0.15, 0.2) is 12.4 Å². The molecule has 1 heterocycles. The van der Waals surface area contributed by atoms with Crippen LogP contribution in [0.2, 0.25) is 0 Å². The molecule has 0 saturated carbocycles. The number of benzene rings is 2. The monoisotopic (exact) mass is 528 g/mol. The molecule has 0 aliphatic carbocycles. The van der Waals surface area contributed by atoms with Crippen molar-refractivity contribution in [1.29, 1.82) is 0 Å². The fourth-order valence-electron chi connectivity index (χ4n) is 3.57. The van der Waals surface area contributed by atoms with Crippen LogP contribution in [0, 0.1) is 0 Å². The summed E-state index contributed by atoms with van der Waals surface area (Å²) < 4.78 is 14.1. The van der Waals surface area contributed by atoms with Crippen LogP contribution in [0.1, 0.15) is 30.6 Å². The minimum absolute atomic E-state index is 0.0915. The van der Waals surface area contributed by atoms with Crippen molar-refractivity contribution >= 4 is 38.7 Å². The zero-order valence-corrected chi connectivity index (χ0v) is 21.2. The van der Waals surface area contributed by atoms with Crippen LogP contribution in [0.3, 0.4) is 0 Å². The van der Waals surface area contributed by atoms with E-state index in [9.17, 15) is 9.59 Å². The average Bonchev–Trinajstić information content (AvgIpc) is 2.84. The lowest BCUT2D eigenvalue weighted by Crippen LogP contribution is -2.37. The molecule has 34 heavy (non-hydrogen) atoms. The van der Waals surface area contributed by atoms with Crippen molar-refractivity contribution in [3.05, 3.63) is 71.0 Å². The third-order valence-corrected chi connectivity index (χ3v) is 5.69. The highest BCUT2D eigenvalue weighted by Gasteiger charge is 2.15. The molecule has 3 rings (SSSR count). The zero-order valence-electron chi connectivity index (χ0n) is 19.6. The predicted octanol–water partition coefficient (Wildman–Crippen LogP) is 4.57. The predicted molar refractivity (Wildman–Crippen MR) is 135 cm³/mol. The zero-order chi connectivity index (χ0) is 24.3.